The van der Waals surface area contributed by atoms with Crippen molar-refractivity contribution in [2.24, 2.45) is 5.84 Å². The van der Waals surface area contributed by atoms with Crippen molar-refractivity contribution in [2.75, 3.05) is 6.61 Å². The molecule has 0 radical (unpaired) electrons. The maximum atomic E-state index is 10.9. The van der Waals surface area contributed by atoms with Gasteiger partial charge in [0.2, 0.25) is 5.91 Å². The number of nitrogens with zero attached hydrogens (tertiary/aromatic N) is 3. The van der Waals surface area contributed by atoms with E-state index >= 15 is 0 Å². The number of aromatic nitrogens is 3. The van der Waals surface area contributed by atoms with Crippen LogP contribution in [0.25, 0.3) is 5.69 Å². The first-order chi connectivity index (χ1) is 9.79. The van der Waals surface area contributed by atoms with Gasteiger partial charge in [-0.2, -0.15) is 4.98 Å². The minimum absolute atomic E-state index is 0.170. The summed E-state index contributed by atoms with van der Waals surface area (Å²) < 4.78 is 7.07. The molecule has 0 saturated heterocycles. The molecule has 7 nitrogen and oxygen atoms in total. The van der Waals surface area contributed by atoms with E-state index in [0.717, 1.165) is 12.1 Å². The van der Waals surface area contributed by atoms with Crippen LogP contribution in [0.5, 0.6) is 6.01 Å². The maximum Gasteiger partial charge on any atom is 0.335 e. The number of amides is 1. The van der Waals surface area contributed by atoms with Gasteiger partial charge in [-0.15, -0.1) is 5.10 Å². The third-order valence-electron chi connectivity index (χ3n) is 2.68. The van der Waals surface area contributed by atoms with Gasteiger partial charge in [-0.3, -0.25) is 10.2 Å². The van der Waals surface area contributed by atoms with Crippen molar-refractivity contribution in [3.63, 3.8) is 0 Å². The lowest BCUT2D eigenvalue weighted by Gasteiger charge is -2.01. The first kappa shape index (κ1) is 14.0. The Morgan fingerprint density at radius 3 is 2.85 bits per heavy atom. The molecule has 2 rings (SSSR count). The zero-order valence-electron chi connectivity index (χ0n) is 11.0. The topological polar surface area (TPSA) is 95.1 Å². The van der Waals surface area contributed by atoms with Crippen LogP contribution < -0.4 is 16.0 Å². The van der Waals surface area contributed by atoms with Crippen LogP contribution in [-0.4, -0.2) is 27.3 Å². The summed E-state index contributed by atoms with van der Waals surface area (Å²) in [6.45, 7) is 0.469. The number of nitrogens with one attached hydrogen (secondary N) is 1. The first-order valence-corrected chi connectivity index (χ1v) is 6.39. The molecule has 1 heterocycles. The molecule has 106 valence electrons. The van der Waals surface area contributed by atoms with Gasteiger partial charge in [-0.05, 0) is 25.0 Å². The van der Waals surface area contributed by atoms with E-state index in [2.05, 4.69) is 15.5 Å². The van der Waals surface area contributed by atoms with Crippen molar-refractivity contribution in [3.8, 4) is 11.7 Å². The van der Waals surface area contributed by atoms with Crippen LogP contribution in [0.4, 0.5) is 0 Å². The summed E-state index contributed by atoms with van der Waals surface area (Å²) in [6, 6.07) is 10.0. The van der Waals surface area contributed by atoms with Crippen molar-refractivity contribution in [3.05, 3.63) is 36.7 Å². The third kappa shape index (κ3) is 4.06. The Kier molecular flexibility index (Phi) is 5.08. The van der Waals surface area contributed by atoms with Crippen LogP contribution >= 0.6 is 0 Å². The summed E-state index contributed by atoms with van der Waals surface area (Å²) in [7, 11) is 0. The predicted octanol–water partition coefficient (Wildman–Crippen LogP) is 0.806. The molecule has 0 aliphatic carbocycles. The number of hydrogen-bond donors (Lipinski definition) is 2. The number of carbonyl (C=O) groups excluding carboxylic acids is 1. The summed E-state index contributed by atoms with van der Waals surface area (Å²) in [6.07, 6.45) is 3.45. The number of unbranched alkanes of at least 4 members (excludes halogenated alkanes) is 1. The Labute approximate surface area is 116 Å². The van der Waals surface area contributed by atoms with Crippen LogP contribution in [0.15, 0.2) is 36.7 Å². The van der Waals surface area contributed by atoms with E-state index in [9.17, 15) is 4.79 Å². The second-order valence-electron chi connectivity index (χ2n) is 4.18. The summed E-state index contributed by atoms with van der Waals surface area (Å²) >= 11 is 0. The molecule has 3 N–H and O–H groups in total. The molecule has 1 amide bonds. The van der Waals surface area contributed by atoms with Crippen LogP contribution in [0.3, 0.4) is 0 Å². The fraction of sp³-hybridized carbons (Fsp3) is 0.308. The highest BCUT2D eigenvalue weighted by Crippen LogP contribution is 2.08. The molecule has 2 aromatic rings. The smallest absolute Gasteiger partial charge is 0.335 e. The van der Waals surface area contributed by atoms with Crippen molar-refractivity contribution < 1.29 is 9.53 Å². The van der Waals surface area contributed by atoms with E-state index in [1.54, 1.807) is 11.0 Å². The number of para-hydroxylation sites is 1. The molecule has 20 heavy (non-hydrogen) atoms. The highest BCUT2D eigenvalue weighted by molar-refractivity contribution is 5.75. The molecule has 7 heteroatoms. The number of carbonyl (C=O) groups is 1. The van der Waals surface area contributed by atoms with Crippen molar-refractivity contribution in [2.45, 2.75) is 19.3 Å². The van der Waals surface area contributed by atoms with Crippen molar-refractivity contribution in [1.29, 1.82) is 0 Å². The van der Waals surface area contributed by atoms with Gasteiger partial charge >= 0.3 is 6.01 Å². The van der Waals surface area contributed by atoms with E-state index in [-0.39, 0.29) is 5.91 Å². The lowest BCUT2D eigenvalue weighted by molar-refractivity contribution is -0.121. The lowest BCUT2D eigenvalue weighted by Crippen LogP contribution is -2.29. The molecule has 1 aromatic carbocycles. The molecule has 0 unspecified atom stereocenters. The Hall–Kier alpha value is -2.41. The monoisotopic (exact) mass is 275 g/mol. The molecule has 0 aliphatic rings. The van der Waals surface area contributed by atoms with E-state index in [1.807, 2.05) is 30.3 Å². The van der Waals surface area contributed by atoms with Gasteiger partial charge in [0.05, 0.1) is 12.3 Å². The number of benzene rings is 1. The minimum atomic E-state index is -0.170. The fourth-order valence-electron chi connectivity index (χ4n) is 1.64. The average molecular weight is 275 g/mol. The van der Waals surface area contributed by atoms with Gasteiger partial charge in [-0.25, -0.2) is 10.5 Å². The van der Waals surface area contributed by atoms with Gasteiger partial charge in [-0.1, -0.05) is 18.2 Å². The van der Waals surface area contributed by atoms with E-state index in [0.29, 0.717) is 25.5 Å². The molecule has 1 aromatic heterocycles. The van der Waals surface area contributed by atoms with Gasteiger partial charge in [0.15, 0.2) is 0 Å². The summed E-state index contributed by atoms with van der Waals surface area (Å²) in [5.74, 6) is 4.81. The fourth-order valence-corrected chi connectivity index (χ4v) is 1.64. The molecule has 0 aliphatic heterocycles. The van der Waals surface area contributed by atoms with Gasteiger partial charge in [0, 0.05) is 6.42 Å². The molecule has 0 atom stereocenters. The second kappa shape index (κ2) is 7.25. The summed E-state index contributed by atoms with van der Waals surface area (Å²) in [5.41, 5.74) is 3.01. The van der Waals surface area contributed by atoms with Crippen LogP contribution in [0.2, 0.25) is 0 Å². The highest BCUT2D eigenvalue weighted by atomic mass is 16.5. The van der Waals surface area contributed by atoms with Crippen LogP contribution in [0, 0.1) is 0 Å². The highest BCUT2D eigenvalue weighted by Gasteiger charge is 2.03. The van der Waals surface area contributed by atoms with Gasteiger partial charge < -0.3 is 4.74 Å². The number of ether oxygens (including phenoxy) is 1. The standard InChI is InChI=1S/C13H17N5O2/c14-16-12(19)8-4-5-9-20-13-15-10-18(17-13)11-6-2-1-3-7-11/h1-3,6-7,10H,4-5,8-9,14H2,(H,16,19). The second-order valence-corrected chi connectivity index (χ2v) is 4.18. The largest absolute Gasteiger partial charge is 0.462 e. The Morgan fingerprint density at radius 1 is 1.30 bits per heavy atom. The number of hydrogen-bond acceptors (Lipinski definition) is 5. The normalized spacial score (nSPS) is 10.2. The zero-order valence-corrected chi connectivity index (χ0v) is 11.0. The summed E-state index contributed by atoms with van der Waals surface area (Å²) in [5, 5.41) is 4.21. The lowest BCUT2D eigenvalue weighted by atomic mass is 10.2. The Balaban J connectivity index is 1.75. The van der Waals surface area contributed by atoms with Crippen LogP contribution in [-0.2, 0) is 4.79 Å². The van der Waals surface area contributed by atoms with Crippen molar-refractivity contribution in [1.82, 2.24) is 20.2 Å². The Bertz CT molecular complexity index is 541. The van der Waals surface area contributed by atoms with Gasteiger partial charge in [0.1, 0.15) is 6.33 Å². The molecular formula is C13H17N5O2. The molecule has 0 fully saturated rings. The predicted molar refractivity (Wildman–Crippen MR) is 73.0 cm³/mol. The zero-order chi connectivity index (χ0) is 14.2. The van der Waals surface area contributed by atoms with Crippen LogP contribution in [0.1, 0.15) is 19.3 Å². The maximum absolute atomic E-state index is 10.9. The molecule has 0 bridgehead atoms. The van der Waals surface area contributed by atoms with E-state index in [4.69, 9.17) is 10.6 Å². The first-order valence-electron chi connectivity index (χ1n) is 6.39. The minimum Gasteiger partial charge on any atom is -0.462 e. The summed E-state index contributed by atoms with van der Waals surface area (Å²) in [4.78, 5) is 15.0. The SMILES string of the molecule is NNC(=O)CCCCOc1ncn(-c2ccccc2)n1. The van der Waals surface area contributed by atoms with Gasteiger partial charge in [0.25, 0.3) is 0 Å². The number of nitrogens with two attached hydrogens (primary N) is 1. The van der Waals surface area contributed by atoms with E-state index < -0.39 is 0 Å². The third-order valence-corrected chi connectivity index (χ3v) is 2.68. The number of rotatable bonds is 7. The van der Waals surface area contributed by atoms with E-state index in [1.165, 1.54) is 0 Å². The average Bonchev–Trinajstić information content (AvgIpc) is 2.96. The quantitative estimate of drug-likeness (QED) is 0.337. The number of hydrazine groups is 1. The molecular weight excluding hydrogens is 258 g/mol. The molecule has 0 spiro atoms. The molecule has 0 saturated carbocycles. The van der Waals surface area contributed by atoms with Crippen molar-refractivity contribution >= 4 is 5.91 Å². The Morgan fingerprint density at radius 2 is 2.10 bits per heavy atom.